The summed E-state index contributed by atoms with van der Waals surface area (Å²) in [5, 5.41) is 27.8. The maximum Gasteiger partial charge on any atom is 0.278 e. The number of hydrogen-bond donors (Lipinski definition) is 3. The van der Waals surface area contributed by atoms with Crippen LogP contribution in [0.1, 0.15) is 37.2 Å². The summed E-state index contributed by atoms with van der Waals surface area (Å²) in [4.78, 5) is 14.6. The summed E-state index contributed by atoms with van der Waals surface area (Å²) >= 11 is 0. The number of rotatable bonds is 6. The summed E-state index contributed by atoms with van der Waals surface area (Å²) in [6.07, 6.45) is 2.72. The minimum absolute atomic E-state index is 0.0316. The van der Waals surface area contributed by atoms with E-state index in [0.717, 1.165) is 0 Å². The van der Waals surface area contributed by atoms with Crippen LogP contribution in [0.2, 0.25) is 0 Å². The van der Waals surface area contributed by atoms with Gasteiger partial charge in [-0.25, -0.2) is 4.68 Å². The fraction of sp³-hybridized carbons (Fsp3) is 0.500. The Kier molecular flexibility index (Phi) is 5.90. The third kappa shape index (κ3) is 4.13. The highest BCUT2D eigenvalue weighted by atomic mass is 16.5. The molecule has 2 heterocycles. The molecule has 1 aromatic carbocycles. The summed E-state index contributed by atoms with van der Waals surface area (Å²) in [7, 11) is 1.59. The number of aromatic hydroxyl groups is 1. The van der Waals surface area contributed by atoms with Crippen molar-refractivity contribution in [3.63, 3.8) is 0 Å². The maximum absolute atomic E-state index is 12.9. The standard InChI is InChI=1S/C20H28N4O4/c1-14(2)21-20(13-25)8-10-23(11-9-20)19(27)18-17(26)12-24(22-18)15-4-6-16(28-3)7-5-15/h4-7,12,14,21,25-26H,8-11,13H2,1-3H3. The van der Waals surface area contributed by atoms with Crippen molar-refractivity contribution >= 4 is 5.91 Å². The van der Waals surface area contributed by atoms with Crippen LogP contribution in [0.3, 0.4) is 0 Å². The Balaban J connectivity index is 1.72. The van der Waals surface area contributed by atoms with E-state index in [-0.39, 0.29) is 35.5 Å². The van der Waals surface area contributed by atoms with Gasteiger partial charge in [0.2, 0.25) is 0 Å². The fourth-order valence-corrected chi connectivity index (χ4v) is 3.63. The van der Waals surface area contributed by atoms with Crippen molar-refractivity contribution in [2.24, 2.45) is 0 Å². The molecule has 0 bridgehead atoms. The van der Waals surface area contributed by atoms with E-state index in [4.69, 9.17) is 4.74 Å². The van der Waals surface area contributed by atoms with Crippen LogP contribution in [0, 0.1) is 0 Å². The van der Waals surface area contributed by atoms with Gasteiger partial charge in [-0.1, -0.05) is 13.8 Å². The van der Waals surface area contributed by atoms with Gasteiger partial charge in [-0.3, -0.25) is 4.79 Å². The van der Waals surface area contributed by atoms with Crippen molar-refractivity contribution < 1.29 is 19.7 Å². The van der Waals surface area contributed by atoms with Gasteiger partial charge in [-0.15, -0.1) is 0 Å². The normalized spacial score (nSPS) is 16.4. The highest BCUT2D eigenvalue weighted by molar-refractivity contribution is 5.95. The van der Waals surface area contributed by atoms with E-state index in [1.54, 1.807) is 36.3 Å². The third-order valence-corrected chi connectivity index (χ3v) is 5.14. The summed E-state index contributed by atoms with van der Waals surface area (Å²) in [5.74, 6) is 0.257. The van der Waals surface area contributed by atoms with Crippen LogP contribution < -0.4 is 10.1 Å². The molecule has 0 spiro atoms. The molecule has 2 aromatic rings. The number of methoxy groups -OCH3 is 1. The van der Waals surface area contributed by atoms with Crippen LogP contribution in [-0.2, 0) is 0 Å². The van der Waals surface area contributed by atoms with Gasteiger partial charge in [-0.05, 0) is 37.1 Å². The zero-order valence-corrected chi connectivity index (χ0v) is 16.6. The Hall–Kier alpha value is -2.58. The number of nitrogens with zero attached hydrogens (tertiary/aromatic N) is 3. The molecule has 0 radical (unpaired) electrons. The van der Waals surface area contributed by atoms with Crippen LogP contribution in [0.15, 0.2) is 30.5 Å². The zero-order valence-electron chi connectivity index (χ0n) is 16.6. The smallest absolute Gasteiger partial charge is 0.278 e. The second kappa shape index (κ2) is 8.20. The molecular formula is C20H28N4O4. The zero-order chi connectivity index (χ0) is 20.3. The van der Waals surface area contributed by atoms with Crippen molar-refractivity contribution in [2.75, 3.05) is 26.8 Å². The van der Waals surface area contributed by atoms with Crippen LogP contribution in [0.4, 0.5) is 0 Å². The van der Waals surface area contributed by atoms with Gasteiger partial charge >= 0.3 is 0 Å². The second-order valence-electron chi connectivity index (χ2n) is 7.54. The number of nitrogens with one attached hydrogen (secondary N) is 1. The molecular weight excluding hydrogens is 360 g/mol. The molecule has 0 unspecified atom stereocenters. The van der Waals surface area contributed by atoms with E-state index >= 15 is 0 Å². The molecule has 0 atom stereocenters. The molecule has 1 aliphatic rings. The Labute approximate surface area is 164 Å². The van der Waals surface area contributed by atoms with Gasteiger partial charge < -0.3 is 25.2 Å². The molecule has 0 saturated carbocycles. The molecule has 3 N–H and O–H groups in total. The van der Waals surface area contributed by atoms with Gasteiger partial charge in [0.25, 0.3) is 5.91 Å². The first-order chi connectivity index (χ1) is 13.4. The van der Waals surface area contributed by atoms with Crippen molar-refractivity contribution in [3.8, 4) is 17.2 Å². The number of ether oxygens (including phenoxy) is 1. The van der Waals surface area contributed by atoms with E-state index in [9.17, 15) is 15.0 Å². The number of aromatic nitrogens is 2. The van der Waals surface area contributed by atoms with Gasteiger partial charge in [0.15, 0.2) is 11.4 Å². The summed E-state index contributed by atoms with van der Waals surface area (Å²) in [6, 6.07) is 7.42. The van der Waals surface area contributed by atoms with E-state index in [0.29, 0.717) is 37.4 Å². The van der Waals surface area contributed by atoms with Crippen LogP contribution >= 0.6 is 0 Å². The number of piperidine rings is 1. The Morgan fingerprint density at radius 3 is 2.46 bits per heavy atom. The highest BCUT2D eigenvalue weighted by Crippen LogP contribution is 2.26. The topological polar surface area (TPSA) is 99.9 Å². The number of carbonyl (C=O) groups is 1. The lowest BCUT2D eigenvalue weighted by Gasteiger charge is -2.42. The van der Waals surface area contributed by atoms with E-state index in [1.165, 1.54) is 10.9 Å². The van der Waals surface area contributed by atoms with E-state index in [1.807, 2.05) is 13.8 Å². The van der Waals surface area contributed by atoms with Crippen molar-refractivity contribution in [1.82, 2.24) is 20.0 Å². The minimum Gasteiger partial charge on any atom is -0.504 e. The lowest BCUT2D eigenvalue weighted by atomic mass is 9.87. The summed E-state index contributed by atoms with van der Waals surface area (Å²) in [6.45, 7) is 5.10. The summed E-state index contributed by atoms with van der Waals surface area (Å²) in [5.41, 5.74) is 0.383. The molecule has 28 heavy (non-hydrogen) atoms. The monoisotopic (exact) mass is 388 g/mol. The lowest BCUT2D eigenvalue weighted by molar-refractivity contribution is 0.0503. The number of amides is 1. The molecule has 8 heteroatoms. The second-order valence-corrected chi connectivity index (χ2v) is 7.54. The maximum atomic E-state index is 12.9. The SMILES string of the molecule is COc1ccc(-n2cc(O)c(C(=O)N3CCC(CO)(NC(C)C)CC3)n2)cc1. The van der Waals surface area contributed by atoms with Crippen LogP contribution in [0.5, 0.6) is 11.5 Å². The van der Waals surface area contributed by atoms with E-state index < -0.39 is 0 Å². The molecule has 1 saturated heterocycles. The van der Waals surface area contributed by atoms with Gasteiger partial charge in [0, 0.05) is 24.7 Å². The van der Waals surface area contributed by atoms with Crippen molar-refractivity contribution in [3.05, 3.63) is 36.2 Å². The molecule has 3 rings (SSSR count). The largest absolute Gasteiger partial charge is 0.504 e. The molecule has 1 fully saturated rings. The highest BCUT2D eigenvalue weighted by Gasteiger charge is 2.36. The molecule has 0 aliphatic carbocycles. The number of aliphatic hydroxyl groups is 1. The first-order valence-corrected chi connectivity index (χ1v) is 9.48. The lowest BCUT2D eigenvalue weighted by Crippen LogP contribution is -2.58. The fourth-order valence-electron chi connectivity index (χ4n) is 3.63. The Morgan fingerprint density at radius 2 is 1.93 bits per heavy atom. The predicted octanol–water partition coefficient (Wildman–Crippen LogP) is 1.55. The number of aliphatic hydroxyl groups excluding tert-OH is 1. The van der Waals surface area contributed by atoms with Crippen LogP contribution in [-0.4, -0.2) is 69.2 Å². The van der Waals surface area contributed by atoms with Crippen molar-refractivity contribution in [1.29, 1.82) is 0 Å². The average molecular weight is 388 g/mol. The molecule has 8 nitrogen and oxygen atoms in total. The predicted molar refractivity (Wildman–Crippen MR) is 105 cm³/mol. The molecule has 1 aromatic heterocycles. The number of benzene rings is 1. The quantitative estimate of drug-likeness (QED) is 0.694. The van der Waals surface area contributed by atoms with Gasteiger partial charge in [0.05, 0.1) is 25.6 Å². The van der Waals surface area contributed by atoms with Gasteiger partial charge in [-0.2, -0.15) is 5.10 Å². The summed E-state index contributed by atoms with van der Waals surface area (Å²) < 4.78 is 6.62. The third-order valence-electron chi connectivity index (χ3n) is 5.14. The average Bonchev–Trinajstić information content (AvgIpc) is 3.09. The Bertz CT molecular complexity index is 808. The first-order valence-electron chi connectivity index (χ1n) is 9.48. The minimum atomic E-state index is -0.366. The Morgan fingerprint density at radius 1 is 1.29 bits per heavy atom. The molecule has 1 amide bonds. The van der Waals surface area contributed by atoms with Crippen molar-refractivity contribution in [2.45, 2.75) is 38.3 Å². The number of hydrogen-bond acceptors (Lipinski definition) is 6. The van der Waals surface area contributed by atoms with E-state index in [2.05, 4.69) is 10.4 Å². The first kappa shape index (κ1) is 20.2. The molecule has 152 valence electrons. The number of carbonyl (C=O) groups excluding carboxylic acids is 1. The van der Waals surface area contributed by atoms with Gasteiger partial charge in [0.1, 0.15) is 5.75 Å². The number of likely N-dealkylation sites (tertiary alicyclic amines) is 1. The molecule has 1 aliphatic heterocycles. The van der Waals surface area contributed by atoms with Crippen LogP contribution in [0.25, 0.3) is 5.69 Å².